The molecule has 1 rings (SSSR count). The maximum absolute atomic E-state index is 3.98. The summed E-state index contributed by atoms with van der Waals surface area (Å²) in [5.41, 5.74) is 2.57. The van der Waals surface area contributed by atoms with E-state index in [-0.39, 0.29) is 0 Å². The first kappa shape index (κ1) is 9.05. The topological polar surface area (TPSA) is 0 Å². The van der Waals surface area contributed by atoms with Gasteiger partial charge in [0.2, 0.25) is 0 Å². The Balaban J connectivity index is 2.54. The molecule has 0 amide bonds. The van der Waals surface area contributed by atoms with Crippen LogP contribution in [-0.4, -0.2) is 0 Å². The summed E-state index contributed by atoms with van der Waals surface area (Å²) < 4.78 is 0. The molecular formula is C12H16. The first-order valence-corrected chi connectivity index (χ1v) is 4.42. The smallest absolute Gasteiger partial charge is 0.0138 e. The van der Waals surface area contributed by atoms with Crippen LogP contribution in [0, 0.1) is 0 Å². The maximum atomic E-state index is 3.98. The van der Waals surface area contributed by atoms with Gasteiger partial charge in [-0.25, -0.2) is 0 Å². The Morgan fingerprint density at radius 2 is 0.917 bits per heavy atom. The van der Waals surface area contributed by atoms with Crippen LogP contribution in [0.4, 0.5) is 0 Å². The van der Waals surface area contributed by atoms with Crippen molar-refractivity contribution in [1.82, 2.24) is 0 Å². The summed E-state index contributed by atoms with van der Waals surface area (Å²) in [5, 5.41) is 0. The van der Waals surface area contributed by atoms with E-state index in [1.165, 1.54) is 11.1 Å². The van der Waals surface area contributed by atoms with Gasteiger partial charge in [-0.1, -0.05) is 48.6 Å². The zero-order valence-corrected chi connectivity index (χ0v) is 7.55. The second-order valence-corrected chi connectivity index (χ2v) is 3.26. The molecule has 12 heavy (non-hydrogen) atoms. The molecule has 0 heteroatoms. The quantitative estimate of drug-likeness (QED) is 0.473. The second-order valence-electron chi connectivity index (χ2n) is 3.26. The monoisotopic (exact) mass is 160 g/mol. The third kappa shape index (κ3) is 3.38. The highest BCUT2D eigenvalue weighted by atomic mass is 14.0. The third-order valence-electron chi connectivity index (χ3n) is 1.96. The molecule has 0 aromatic heterocycles. The van der Waals surface area contributed by atoms with E-state index in [9.17, 15) is 0 Å². The van der Waals surface area contributed by atoms with E-state index >= 15 is 0 Å². The Morgan fingerprint density at radius 3 is 1.17 bits per heavy atom. The van der Waals surface area contributed by atoms with Crippen molar-refractivity contribution in [1.29, 1.82) is 0 Å². The van der Waals surface area contributed by atoms with E-state index in [0.29, 0.717) is 0 Å². The van der Waals surface area contributed by atoms with Crippen molar-refractivity contribution in [2.45, 2.75) is 25.7 Å². The van der Waals surface area contributed by atoms with Gasteiger partial charge in [-0.2, -0.15) is 0 Å². The molecule has 0 spiro atoms. The van der Waals surface area contributed by atoms with Gasteiger partial charge in [-0.3, -0.25) is 0 Å². The molecule has 64 valence electrons. The van der Waals surface area contributed by atoms with E-state index < -0.39 is 0 Å². The molecule has 0 aliphatic heterocycles. The minimum Gasteiger partial charge on any atom is -0.0992 e. The number of hydrogen-bond acceptors (Lipinski definition) is 0. The van der Waals surface area contributed by atoms with E-state index in [0.717, 1.165) is 25.7 Å². The van der Waals surface area contributed by atoms with Crippen molar-refractivity contribution < 1.29 is 0 Å². The molecule has 0 N–H and O–H groups in total. The van der Waals surface area contributed by atoms with Crippen LogP contribution in [0.25, 0.3) is 0 Å². The minimum atomic E-state index is 1.01. The first-order valence-electron chi connectivity index (χ1n) is 4.42. The predicted octanol–water partition coefficient (Wildman–Crippen LogP) is 3.79. The highest BCUT2D eigenvalue weighted by Crippen LogP contribution is 2.12. The van der Waals surface area contributed by atoms with E-state index in [4.69, 9.17) is 0 Å². The summed E-state index contributed by atoms with van der Waals surface area (Å²) in [6.07, 6.45) is 12.8. The standard InChI is InChI=1S/C12H16/c1-11-7-3-5-9-12(2)10-6-4-8-11/h3-6H,1-2,7-10H2/b5-3-,6-4-. The van der Waals surface area contributed by atoms with Gasteiger partial charge in [0, 0.05) is 0 Å². The van der Waals surface area contributed by atoms with Crippen LogP contribution in [0.2, 0.25) is 0 Å². The van der Waals surface area contributed by atoms with Crippen molar-refractivity contribution in [3.8, 4) is 0 Å². The lowest BCUT2D eigenvalue weighted by molar-refractivity contribution is 1.05. The molecule has 0 bridgehead atoms. The van der Waals surface area contributed by atoms with Gasteiger partial charge in [0.15, 0.2) is 0 Å². The fourth-order valence-corrected chi connectivity index (χ4v) is 1.17. The van der Waals surface area contributed by atoms with Crippen molar-refractivity contribution in [3.05, 3.63) is 48.6 Å². The SMILES string of the molecule is C=C1C/C=C\CC(=C)C/C=C\C1. The summed E-state index contributed by atoms with van der Waals surface area (Å²) in [6, 6.07) is 0. The van der Waals surface area contributed by atoms with Crippen molar-refractivity contribution in [3.63, 3.8) is 0 Å². The molecule has 0 saturated carbocycles. The molecule has 1 aliphatic rings. The number of hydrogen-bond donors (Lipinski definition) is 0. The fraction of sp³-hybridized carbons (Fsp3) is 0.333. The zero-order chi connectivity index (χ0) is 8.81. The van der Waals surface area contributed by atoms with Crippen LogP contribution in [-0.2, 0) is 0 Å². The Labute approximate surface area is 75.0 Å². The highest BCUT2D eigenvalue weighted by molar-refractivity contribution is 5.14. The zero-order valence-electron chi connectivity index (χ0n) is 7.55. The first-order chi connectivity index (χ1) is 5.79. The lowest BCUT2D eigenvalue weighted by Crippen LogP contribution is -1.81. The van der Waals surface area contributed by atoms with Gasteiger partial charge in [-0.05, 0) is 25.7 Å². The number of allylic oxidation sites excluding steroid dienone is 6. The Hall–Kier alpha value is -1.04. The fourth-order valence-electron chi connectivity index (χ4n) is 1.17. The molecule has 0 radical (unpaired) electrons. The molecule has 0 heterocycles. The molecule has 0 aromatic rings. The molecule has 1 aliphatic carbocycles. The van der Waals surface area contributed by atoms with Gasteiger partial charge >= 0.3 is 0 Å². The largest absolute Gasteiger partial charge is 0.0992 e. The summed E-state index contributed by atoms with van der Waals surface area (Å²) in [5.74, 6) is 0. The normalized spacial score (nSPS) is 25.0. The lowest BCUT2D eigenvalue weighted by Gasteiger charge is -2.02. The average Bonchev–Trinajstić information content (AvgIpc) is 2.06. The minimum absolute atomic E-state index is 1.01. The van der Waals surface area contributed by atoms with Crippen LogP contribution in [0.15, 0.2) is 48.6 Å². The van der Waals surface area contributed by atoms with Gasteiger partial charge < -0.3 is 0 Å². The van der Waals surface area contributed by atoms with Crippen LogP contribution in [0.3, 0.4) is 0 Å². The Morgan fingerprint density at radius 1 is 0.667 bits per heavy atom. The maximum Gasteiger partial charge on any atom is -0.0138 e. The van der Waals surface area contributed by atoms with E-state index in [2.05, 4.69) is 37.5 Å². The Bertz CT molecular complexity index is 182. The van der Waals surface area contributed by atoms with Crippen molar-refractivity contribution >= 4 is 0 Å². The second kappa shape index (κ2) is 4.76. The van der Waals surface area contributed by atoms with Gasteiger partial charge in [0.25, 0.3) is 0 Å². The molecular weight excluding hydrogens is 144 g/mol. The molecule has 0 fully saturated rings. The van der Waals surface area contributed by atoms with E-state index in [1.807, 2.05) is 0 Å². The molecule has 0 unspecified atom stereocenters. The van der Waals surface area contributed by atoms with Gasteiger partial charge in [-0.15, -0.1) is 0 Å². The highest BCUT2D eigenvalue weighted by Gasteiger charge is 1.92. The summed E-state index contributed by atoms with van der Waals surface area (Å²) in [6.45, 7) is 7.96. The van der Waals surface area contributed by atoms with Crippen molar-refractivity contribution in [2.24, 2.45) is 0 Å². The molecule has 0 nitrogen and oxygen atoms in total. The van der Waals surface area contributed by atoms with Gasteiger partial charge in [0.05, 0.1) is 0 Å². The van der Waals surface area contributed by atoms with E-state index in [1.54, 1.807) is 0 Å². The molecule has 0 atom stereocenters. The number of rotatable bonds is 0. The van der Waals surface area contributed by atoms with Crippen molar-refractivity contribution in [2.75, 3.05) is 0 Å². The third-order valence-corrected chi connectivity index (χ3v) is 1.96. The van der Waals surface area contributed by atoms with Crippen LogP contribution in [0.5, 0.6) is 0 Å². The van der Waals surface area contributed by atoms with Gasteiger partial charge in [0.1, 0.15) is 0 Å². The average molecular weight is 160 g/mol. The molecule has 0 aromatic carbocycles. The lowest BCUT2D eigenvalue weighted by atomic mass is 10.0. The Kier molecular flexibility index (Phi) is 3.59. The van der Waals surface area contributed by atoms with Crippen LogP contribution < -0.4 is 0 Å². The van der Waals surface area contributed by atoms with Crippen LogP contribution in [0.1, 0.15) is 25.7 Å². The molecule has 0 saturated heterocycles. The van der Waals surface area contributed by atoms with Crippen LogP contribution >= 0.6 is 0 Å². The summed E-state index contributed by atoms with van der Waals surface area (Å²) in [4.78, 5) is 0. The summed E-state index contributed by atoms with van der Waals surface area (Å²) in [7, 11) is 0. The summed E-state index contributed by atoms with van der Waals surface area (Å²) >= 11 is 0. The predicted molar refractivity (Wildman–Crippen MR) is 55.0 cm³/mol.